The van der Waals surface area contributed by atoms with Crippen LogP contribution in [0.2, 0.25) is 5.15 Å². The molecule has 2 aliphatic heterocycles. The van der Waals surface area contributed by atoms with Gasteiger partial charge in [0.1, 0.15) is 17.0 Å². The lowest BCUT2D eigenvalue weighted by Gasteiger charge is -2.29. The molecule has 1 atom stereocenters. The van der Waals surface area contributed by atoms with Crippen molar-refractivity contribution in [3.05, 3.63) is 11.2 Å². The molecular weight excluding hydrogens is 294 g/mol. The molecule has 21 heavy (non-hydrogen) atoms. The highest BCUT2D eigenvalue weighted by molar-refractivity contribution is 6.29. The monoisotopic (exact) mass is 311 g/mol. The zero-order valence-electron chi connectivity index (χ0n) is 11.7. The lowest BCUT2D eigenvalue weighted by Crippen LogP contribution is -2.42. The Bertz CT molecular complexity index is 535. The minimum atomic E-state index is -0.346. The summed E-state index contributed by atoms with van der Waals surface area (Å²) in [5.41, 5.74) is 5.45. The van der Waals surface area contributed by atoms with E-state index in [9.17, 15) is 4.79 Å². The Morgan fingerprint density at radius 3 is 2.81 bits per heavy atom. The van der Waals surface area contributed by atoms with Gasteiger partial charge in [0.05, 0.1) is 13.2 Å². The summed E-state index contributed by atoms with van der Waals surface area (Å²) in [4.78, 5) is 24.3. The molecular formula is C13H18ClN5O2. The summed E-state index contributed by atoms with van der Waals surface area (Å²) in [7, 11) is 0. The topological polar surface area (TPSA) is 84.6 Å². The van der Waals surface area contributed by atoms with Crippen molar-refractivity contribution in [3.63, 3.8) is 0 Å². The van der Waals surface area contributed by atoms with E-state index in [2.05, 4.69) is 14.9 Å². The number of carbonyl (C=O) groups is 1. The summed E-state index contributed by atoms with van der Waals surface area (Å²) in [6.07, 6.45) is 1.63. The zero-order chi connectivity index (χ0) is 14.8. The molecule has 0 bridgehead atoms. The molecule has 0 aliphatic carbocycles. The quantitative estimate of drug-likeness (QED) is 0.815. The van der Waals surface area contributed by atoms with Gasteiger partial charge in [0.15, 0.2) is 0 Å². The fourth-order valence-electron chi connectivity index (χ4n) is 2.78. The Balaban J connectivity index is 1.88. The molecule has 114 valence electrons. The number of amides is 1. The average Bonchev–Trinajstić information content (AvgIpc) is 2.97. The molecule has 7 nitrogen and oxygen atoms in total. The van der Waals surface area contributed by atoms with Gasteiger partial charge < -0.3 is 20.3 Å². The van der Waals surface area contributed by atoms with Crippen molar-refractivity contribution >= 4 is 29.3 Å². The van der Waals surface area contributed by atoms with Gasteiger partial charge >= 0.3 is 0 Å². The number of anilines is 2. The van der Waals surface area contributed by atoms with E-state index in [1.807, 2.05) is 4.90 Å². The molecule has 1 aromatic rings. The Morgan fingerprint density at radius 2 is 2.10 bits per heavy atom. The summed E-state index contributed by atoms with van der Waals surface area (Å²) in [6.45, 7) is 3.60. The van der Waals surface area contributed by atoms with Crippen molar-refractivity contribution in [2.24, 2.45) is 5.73 Å². The molecule has 1 amide bonds. The zero-order valence-corrected chi connectivity index (χ0v) is 12.4. The first-order valence-corrected chi connectivity index (χ1v) is 7.46. The van der Waals surface area contributed by atoms with Gasteiger partial charge in [-0.3, -0.25) is 4.79 Å². The first-order chi connectivity index (χ1) is 10.1. The van der Waals surface area contributed by atoms with Crippen LogP contribution >= 0.6 is 11.6 Å². The maximum atomic E-state index is 11.5. The number of rotatable bonds is 3. The van der Waals surface area contributed by atoms with E-state index in [1.165, 1.54) is 0 Å². The Kier molecular flexibility index (Phi) is 4.12. The van der Waals surface area contributed by atoms with Gasteiger partial charge in [-0.25, -0.2) is 4.98 Å². The second-order valence-corrected chi connectivity index (χ2v) is 5.59. The molecule has 0 aromatic carbocycles. The van der Waals surface area contributed by atoms with Crippen LogP contribution in [0.5, 0.6) is 0 Å². The van der Waals surface area contributed by atoms with Crippen LogP contribution in [0, 0.1) is 0 Å². The Hall–Kier alpha value is -1.60. The highest BCUT2D eigenvalue weighted by Gasteiger charge is 2.31. The lowest BCUT2D eigenvalue weighted by molar-refractivity contribution is -0.119. The largest absolute Gasteiger partial charge is 0.378 e. The van der Waals surface area contributed by atoms with E-state index in [0.717, 1.165) is 38.3 Å². The molecule has 8 heteroatoms. The molecule has 3 heterocycles. The number of nitrogens with zero attached hydrogens (tertiary/aromatic N) is 4. The van der Waals surface area contributed by atoms with E-state index in [-0.39, 0.29) is 11.9 Å². The van der Waals surface area contributed by atoms with Crippen LogP contribution in [0.4, 0.5) is 11.8 Å². The van der Waals surface area contributed by atoms with Crippen LogP contribution in [0.1, 0.15) is 12.8 Å². The van der Waals surface area contributed by atoms with E-state index in [1.54, 1.807) is 6.07 Å². The van der Waals surface area contributed by atoms with Gasteiger partial charge in [0, 0.05) is 25.7 Å². The molecule has 2 N–H and O–H groups in total. The number of primary amides is 1. The van der Waals surface area contributed by atoms with Gasteiger partial charge in [0.2, 0.25) is 11.9 Å². The van der Waals surface area contributed by atoms with E-state index >= 15 is 0 Å². The molecule has 2 fully saturated rings. The number of hydrogen-bond acceptors (Lipinski definition) is 6. The van der Waals surface area contributed by atoms with Crippen molar-refractivity contribution in [2.45, 2.75) is 18.9 Å². The minimum Gasteiger partial charge on any atom is -0.378 e. The van der Waals surface area contributed by atoms with Gasteiger partial charge in [0.25, 0.3) is 0 Å². The van der Waals surface area contributed by atoms with Gasteiger partial charge in [-0.15, -0.1) is 0 Å². The smallest absolute Gasteiger partial charge is 0.240 e. The summed E-state index contributed by atoms with van der Waals surface area (Å²) in [5.74, 6) is 0.901. The fourth-order valence-corrected chi connectivity index (χ4v) is 2.95. The number of hydrogen-bond donors (Lipinski definition) is 1. The van der Waals surface area contributed by atoms with Crippen molar-refractivity contribution in [1.82, 2.24) is 9.97 Å². The van der Waals surface area contributed by atoms with Gasteiger partial charge in [-0.2, -0.15) is 4.98 Å². The normalized spacial score (nSPS) is 22.6. The maximum absolute atomic E-state index is 11.5. The highest BCUT2D eigenvalue weighted by atomic mass is 35.5. The Morgan fingerprint density at radius 1 is 1.33 bits per heavy atom. The second kappa shape index (κ2) is 6.03. The first-order valence-electron chi connectivity index (χ1n) is 7.08. The summed E-state index contributed by atoms with van der Waals surface area (Å²) in [6, 6.07) is 1.40. The van der Waals surface area contributed by atoms with Crippen LogP contribution in [0.3, 0.4) is 0 Å². The van der Waals surface area contributed by atoms with Crippen molar-refractivity contribution in [1.29, 1.82) is 0 Å². The molecule has 1 aromatic heterocycles. The van der Waals surface area contributed by atoms with E-state index in [0.29, 0.717) is 24.3 Å². The van der Waals surface area contributed by atoms with Crippen LogP contribution in [0.25, 0.3) is 0 Å². The number of ether oxygens (including phenoxy) is 1. The SMILES string of the molecule is NC(=O)C1CCCN1c1nc(Cl)cc(N2CCOCC2)n1. The Labute approximate surface area is 128 Å². The maximum Gasteiger partial charge on any atom is 0.240 e. The second-order valence-electron chi connectivity index (χ2n) is 5.20. The molecule has 0 saturated carbocycles. The van der Waals surface area contributed by atoms with Crippen LogP contribution in [-0.2, 0) is 9.53 Å². The van der Waals surface area contributed by atoms with Gasteiger partial charge in [-0.05, 0) is 12.8 Å². The third kappa shape index (κ3) is 3.03. The molecule has 3 rings (SSSR count). The summed E-state index contributed by atoms with van der Waals surface area (Å²) in [5, 5.41) is 0.372. The predicted octanol–water partition coefficient (Wildman–Crippen LogP) is 0.421. The van der Waals surface area contributed by atoms with Gasteiger partial charge in [-0.1, -0.05) is 11.6 Å². The first kappa shape index (κ1) is 14.3. The van der Waals surface area contributed by atoms with Crippen molar-refractivity contribution < 1.29 is 9.53 Å². The molecule has 2 saturated heterocycles. The predicted molar refractivity (Wildman–Crippen MR) is 79.6 cm³/mol. The van der Waals surface area contributed by atoms with Crippen LogP contribution in [-0.4, -0.2) is 54.8 Å². The van der Waals surface area contributed by atoms with Crippen molar-refractivity contribution in [2.75, 3.05) is 42.6 Å². The molecule has 2 aliphatic rings. The lowest BCUT2D eigenvalue weighted by atomic mass is 10.2. The third-order valence-corrected chi connectivity index (χ3v) is 4.04. The number of morpholine rings is 1. The van der Waals surface area contributed by atoms with Crippen LogP contribution in [0.15, 0.2) is 6.07 Å². The third-order valence-electron chi connectivity index (χ3n) is 3.84. The fraction of sp³-hybridized carbons (Fsp3) is 0.615. The average molecular weight is 312 g/mol. The number of carbonyl (C=O) groups excluding carboxylic acids is 1. The molecule has 0 radical (unpaired) electrons. The number of halogens is 1. The standard InChI is InChI=1S/C13H18ClN5O2/c14-10-8-11(18-4-6-21-7-5-18)17-13(16-10)19-3-1-2-9(19)12(15)20/h8-9H,1-7H2,(H2,15,20). The van der Waals surface area contributed by atoms with E-state index < -0.39 is 0 Å². The van der Waals surface area contributed by atoms with E-state index in [4.69, 9.17) is 22.1 Å². The van der Waals surface area contributed by atoms with Crippen molar-refractivity contribution in [3.8, 4) is 0 Å². The number of aromatic nitrogens is 2. The summed E-state index contributed by atoms with van der Waals surface area (Å²) >= 11 is 6.12. The molecule has 1 unspecified atom stereocenters. The minimum absolute atomic E-state index is 0.344. The van der Waals surface area contributed by atoms with Crippen LogP contribution < -0.4 is 15.5 Å². The number of nitrogens with two attached hydrogens (primary N) is 1. The summed E-state index contributed by atoms with van der Waals surface area (Å²) < 4.78 is 5.34. The highest BCUT2D eigenvalue weighted by Crippen LogP contribution is 2.26. The molecule has 0 spiro atoms.